The van der Waals surface area contributed by atoms with Crippen molar-refractivity contribution in [3.05, 3.63) is 42.7 Å². The summed E-state index contributed by atoms with van der Waals surface area (Å²) in [7, 11) is -1.80. The van der Waals surface area contributed by atoms with E-state index in [1.807, 2.05) is 29.2 Å². The summed E-state index contributed by atoms with van der Waals surface area (Å²) in [5.41, 5.74) is 0. The van der Waals surface area contributed by atoms with Crippen LogP contribution in [0, 0.1) is 0 Å². The number of rotatable bonds is 7. The van der Waals surface area contributed by atoms with E-state index >= 15 is 0 Å². The fraction of sp³-hybridized carbons (Fsp3) is 0.467. The van der Waals surface area contributed by atoms with E-state index in [1.54, 1.807) is 30.3 Å². The Morgan fingerprint density at radius 2 is 1.95 bits per heavy atom. The predicted molar refractivity (Wildman–Crippen MR) is 81.6 cm³/mol. The van der Waals surface area contributed by atoms with Gasteiger partial charge in [0.2, 0.25) is 0 Å². The Labute approximate surface area is 126 Å². The molecule has 0 saturated heterocycles. The molecule has 5 nitrogen and oxygen atoms in total. The van der Waals surface area contributed by atoms with E-state index in [9.17, 15) is 8.42 Å². The minimum atomic E-state index is -3.74. The molecule has 0 aliphatic carbocycles. The highest BCUT2D eigenvalue weighted by atomic mass is 32.2. The van der Waals surface area contributed by atoms with Gasteiger partial charge in [0, 0.05) is 19.4 Å². The number of benzene rings is 1. The van der Waals surface area contributed by atoms with Crippen molar-refractivity contribution in [2.45, 2.75) is 37.3 Å². The van der Waals surface area contributed by atoms with Crippen molar-refractivity contribution in [1.29, 1.82) is 0 Å². The molecule has 0 saturated carbocycles. The van der Waals surface area contributed by atoms with E-state index in [0.717, 1.165) is 12.8 Å². The van der Waals surface area contributed by atoms with Crippen LogP contribution in [0.4, 0.5) is 0 Å². The van der Waals surface area contributed by atoms with Gasteiger partial charge >= 0.3 is 0 Å². The zero-order valence-electron chi connectivity index (χ0n) is 12.5. The highest BCUT2D eigenvalue weighted by Gasteiger charge is 2.26. The molecule has 0 bridgehead atoms. The van der Waals surface area contributed by atoms with E-state index in [-0.39, 0.29) is 4.90 Å². The summed E-state index contributed by atoms with van der Waals surface area (Å²) in [6.45, 7) is 2.72. The molecule has 116 valence electrons. The Balaban J connectivity index is 2.13. The number of unbranched alkanes of at least 4 members (excludes halogenated alkanes) is 1. The van der Waals surface area contributed by atoms with Crippen LogP contribution in [0.3, 0.4) is 0 Å². The zero-order valence-corrected chi connectivity index (χ0v) is 13.3. The summed E-state index contributed by atoms with van der Waals surface area (Å²) in [4.78, 5) is 4.09. The molecular formula is C15H22N2O3S. The van der Waals surface area contributed by atoms with Gasteiger partial charge in [0.1, 0.15) is 6.23 Å². The lowest BCUT2D eigenvalue weighted by Gasteiger charge is -2.28. The fourth-order valence-corrected chi connectivity index (χ4v) is 3.28. The smallest absolute Gasteiger partial charge is 0.298 e. The largest absolute Gasteiger partial charge is 0.362 e. The van der Waals surface area contributed by atoms with Crippen molar-refractivity contribution in [1.82, 2.24) is 9.80 Å². The van der Waals surface area contributed by atoms with Crippen molar-refractivity contribution in [3.8, 4) is 0 Å². The van der Waals surface area contributed by atoms with Gasteiger partial charge in [-0.25, -0.2) is 4.18 Å². The van der Waals surface area contributed by atoms with Gasteiger partial charge < -0.3 is 9.80 Å². The van der Waals surface area contributed by atoms with Crippen molar-refractivity contribution in [2.75, 3.05) is 13.7 Å². The van der Waals surface area contributed by atoms with E-state index < -0.39 is 16.3 Å². The van der Waals surface area contributed by atoms with Crippen molar-refractivity contribution in [3.63, 3.8) is 0 Å². The predicted octanol–water partition coefficient (Wildman–Crippen LogP) is 2.58. The van der Waals surface area contributed by atoms with E-state index in [1.165, 1.54) is 0 Å². The molecule has 0 N–H and O–H groups in total. The number of hydrogen-bond donors (Lipinski definition) is 0. The second kappa shape index (κ2) is 6.95. The molecule has 2 rings (SSSR count). The van der Waals surface area contributed by atoms with E-state index in [2.05, 4.69) is 6.92 Å². The highest BCUT2D eigenvalue weighted by molar-refractivity contribution is 7.86. The minimum absolute atomic E-state index is 0.197. The lowest BCUT2D eigenvalue weighted by Crippen LogP contribution is -2.36. The van der Waals surface area contributed by atoms with Gasteiger partial charge in [0.05, 0.1) is 11.6 Å². The lowest BCUT2D eigenvalue weighted by molar-refractivity contribution is 0.0477. The summed E-state index contributed by atoms with van der Waals surface area (Å²) >= 11 is 0. The maximum Gasteiger partial charge on any atom is 0.298 e. The average Bonchev–Trinajstić information content (AvgIpc) is 2.91. The molecular weight excluding hydrogens is 288 g/mol. The van der Waals surface area contributed by atoms with Gasteiger partial charge in [0.25, 0.3) is 10.1 Å². The molecule has 0 spiro atoms. The maximum atomic E-state index is 12.4. The van der Waals surface area contributed by atoms with Crippen LogP contribution in [0.25, 0.3) is 0 Å². The molecule has 1 unspecified atom stereocenters. The first kappa shape index (κ1) is 15.9. The summed E-state index contributed by atoms with van der Waals surface area (Å²) in [6.07, 6.45) is 5.93. The molecule has 1 aromatic rings. The molecule has 0 aromatic heterocycles. The van der Waals surface area contributed by atoms with E-state index in [0.29, 0.717) is 13.1 Å². The molecule has 1 atom stereocenters. The van der Waals surface area contributed by atoms with Gasteiger partial charge in [-0.15, -0.1) is 0 Å². The lowest BCUT2D eigenvalue weighted by atomic mass is 10.2. The second-order valence-electron chi connectivity index (χ2n) is 5.17. The monoisotopic (exact) mass is 310 g/mol. The molecule has 1 aliphatic heterocycles. The summed E-state index contributed by atoms with van der Waals surface area (Å²) < 4.78 is 30.2. The summed E-state index contributed by atoms with van der Waals surface area (Å²) in [6, 6.07) is 8.28. The summed E-state index contributed by atoms with van der Waals surface area (Å²) in [5, 5.41) is 0. The standard InChI is InChI=1S/C15H22N2O3S/c1-3-4-10-15(17-12-11-16(2)13-17)20-21(18,19)14-8-6-5-7-9-14/h5-9,11-12,15H,3-4,10,13H2,1-2H3. The fourth-order valence-electron chi connectivity index (χ4n) is 2.18. The minimum Gasteiger partial charge on any atom is -0.362 e. The van der Waals surface area contributed by atoms with E-state index in [4.69, 9.17) is 4.18 Å². The SMILES string of the molecule is CCCCC(OS(=O)(=O)c1ccccc1)N1C=CN(C)C1. The Bertz CT molecular complexity index is 572. The Hall–Kier alpha value is -1.53. The van der Waals surface area contributed by atoms with Gasteiger partial charge in [-0.05, 0) is 25.0 Å². The van der Waals surface area contributed by atoms with Crippen LogP contribution in [-0.2, 0) is 14.3 Å². The third-order valence-electron chi connectivity index (χ3n) is 3.34. The van der Waals surface area contributed by atoms with Crippen LogP contribution in [0.1, 0.15) is 26.2 Å². The Morgan fingerprint density at radius 3 is 2.52 bits per heavy atom. The van der Waals surface area contributed by atoms with Crippen LogP contribution in [-0.4, -0.2) is 38.2 Å². The molecule has 1 aliphatic rings. The molecule has 0 fully saturated rings. The Kier molecular flexibility index (Phi) is 5.25. The molecule has 0 amide bonds. The van der Waals surface area contributed by atoms with Gasteiger partial charge in [-0.3, -0.25) is 0 Å². The molecule has 21 heavy (non-hydrogen) atoms. The van der Waals surface area contributed by atoms with Crippen molar-refractivity contribution < 1.29 is 12.6 Å². The number of nitrogens with zero attached hydrogens (tertiary/aromatic N) is 2. The van der Waals surface area contributed by atoms with Gasteiger partial charge in [0.15, 0.2) is 0 Å². The first-order valence-electron chi connectivity index (χ1n) is 7.15. The van der Waals surface area contributed by atoms with Crippen molar-refractivity contribution in [2.24, 2.45) is 0 Å². The highest BCUT2D eigenvalue weighted by Crippen LogP contribution is 2.21. The molecule has 6 heteroatoms. The maximum absolute atomic E-state index is 12.4. The molecule has 1 aromatic carbocycles. The van der Waals surface area contributed by atoms with Crippen LogP contribution in [0.2, 0.25) is 0 Å². The van der Waals surface area contributed by atoms with Crippen LogP contribution in [0.15, 0.2) is 47.6 Å². The normalized spacial score (nSPS) is 16.5. The third-order valence-corrected chi connectivity index (χ3v) is 4.67. The quantitative estimate of drug-likeness (QED) is 0.725. The van der Waals surface area contributed by atoms with Crippen LogP contribution in [0.5, 0.6) is 0 Å². The van der Waals surface area contributed by atoms with Gasteiger partial charge in [-0.2, -0.15) is 8.42 Å². The van der Waals surface area contributed by atoms with Gasteiger partial charge in [-0.1, -0.05) is 31.5 Å². The third kappa shape index (κ3) is 4.22. The second-order valence-corrected chi connectivity index (χ2v) is 6.74. The van der Waals surface area contributed by atoms with Crippen LogP contribution < -0.4 is 0 Å². The average molecular weight is 310 g/mol. The molecule has 0 radical (unpaired) electrons. The Morgan fingerprint density at radius 1 is 1.24 bits per heavy atom. The molecule has 1 heterocycles. The number of hydrogen-bond acceptors (Lipinski definition) is 5. The zero-order chi connectivity index (χ0) is 15.3. The van der Waals surface area contributed by atoms with Crippen LogP contribution >= 0.6 is 0 Å². The topological polar surface area (TPSA) is 49.9 Å². The first-order chi connectivity index (χ1) is 10.0. The summed E-state index contributed by atoms with van der Waals surface area (Å²) in [5.74, 6) is 0. The van der Waals surface area contributed by atoms with Crippen molar-refractivity contribution >= 4 is 10.1 Å². The first-order valence-corrected chi connectivity index (χ1v) is 8.56.